The smallest absolute Gasteiger partial charge is 0.394 e. The van der Waals surface area contributed by atoms with Gasteiger partial charge in [0, 0.05) is 6.92 Å². The average molecular weight is 503 g/mol. The van der Waals surface area contributed by atoms with Gasteiger partial charge in [0.05, 0.1) is 19.8 Å². The molecule has 2 aliphatic rings. The lowest BCUT2D eigenvalue weighted by Gasteiger charge is -2.47. The summed E-state index contributed by atoms with van der Waals surface area (Å²) in [5.41, 5.74) is 0. The van der Waals surface area contributed by atoms with E-state index >= 15 is 0 Å². The second kappa shape index (κ2) is 11.9. The number of carbonyl (C=O) groups excluding carboxylic acids is 1. The molecule has 16 heteroatoms. The van der Waals surface area contributed by atoms with Gasteiger partial charge >= 0.3 is 10.4 Å². The summed E-state index contributed by atoms with van der Waals surface area (Å²) in [6.45, 7) is 2.87. The van der Waals surface area contributed by atoms with E-state index in [0.717, 1.165) is 6.92 Å². The number of amides is 1. The third-order valence-electron chi connectivity index (χ3n) is 4.94. The maximum absolute atomic E-state index is 11.6. The van der Waals surface area contributed by atoms with Crippen LogP contribution in [0.2, 0.25) is 0 Å². The van der Waals surface area contributed by atoms with Crippen LogP contribution in [0.15, 0.2) is 12.7 Å². The summed E-state index contributed by atoms with van der Waals surface area (Å²) in [5.74, 6) is -0.662. The molecule has 0 spiro atoms. The van der Waals surface area contributed by atoms with Gasteiger partial charge in [-0.05, 0) is 0 Å². The molecule has 33 heavy (non-hydrogen) atoms. The van der Waals surface area contributed by atoms with Gasteiger partial charge in [-0.1, -0.05) is 6.08 Å². The lowest BCUT2D eigenvalue weighted by atomic mass is 9.95. The molecule has 15 nitrogen and oxygen atoms in total. The molecule has 0 unspecified atom stereocenters. The molecule has 0 radical (unpaired) electrons. The monoisotopic (exact) mass is 503 g/mol. The molecule has 2 aliphatic heterocycles. The number of ether oxygens (including phenoxy) is 4. The SMILES string of the molecule is C=CCO[C@H]1O[C@H](CO)[C@H](O)[C@H](O[C@@H]2O[C@H](COS(=O)(=O)O)[C@@H](O)[C@H](O)[C@H]2NC(C)=O)[C@H]1O. The van der Waals surface area contributed by atoms with E-state index in [-0.39, 0.29) is 6.61 Å². The van der Waals surface area contributed by atoms with Crippen LogP contribution < -0.4 is 5.32 Å². The molecule has 2 heterocycles. The Bertz CT molecular complexity index is 765. The number of aliphatic hydroxyl groups is 5. The number of rotatable bonds is 10. The molecule has 0 saturated carbocycles. The molecular formula is C17H29NO14S. The van der Waals surface area contributed by atoms with E-state index in [1.807, 2.05) is 0 Å². The van der Waals surface area contributed by atoms with Gasteiger partial charge in [0.25, 0.3) is 0 Å². The third kappa shape index (κ3) is 7.35. The second-order valence-corrected chi connectivity index (χ2v) is 8.48. The molecular weight excluding hydrogens is 474 g/mol. The summed E-state index contributed by atoms with van der Waals surface area (Å²) in [4.78, 5) is 11.6. The minimum Gasteiger partial charge on any atom is -0.394 e. The first kappa shape index (κ1) is 28.0. The van der Waals surface area contributed by atoms with Gasteiger partial charge in [0.15, 0.2) is 12.6 Å². The molecule has 0 aromatic carbocycles. The summed E-state index contributed by atoms with van der Waals surface area (Å²) >= 11 is 0. The molecule has 0 bridgehead atoms. The Balaban J connectivity index is 2.28. The van der Waals surface area contributed by atoms with Crippen LogP contribution >= 0.6 is 0 Å². The van der Waals surface area contributed by atoms with Crippen LogP contribution in [0, 0.1) is 0 Å². The lowest BCUT2D eigenvalue weighted by Crippen LogP contribution is -2.67. The van der Waals surface area contributed by atoms with Crippen molar-refractivity contribution in [2.75, 3.05) is 19.8 Å². The molecule has 2 fully saturated rings. The maximum atomic E-state index is 11.6. The van der Waals surface area contributed by atoms with Gasteiger partial charge in [-0.15, -0.1) is 6.58 Å². The maximum Gasteiger partial charge on any atom is 0.397 e. The summed E-state index contributed by atoms with van der Waals surface area (Å²) < 4.78 is 56.3. The highest BCUT2D eigenvalue weighted by atomic mass is 32.3. The Morgan fingerprint density at radius 2 is 1.70 bits per heavy atom. The molecule has 192 valence electrons. The Morgan fingerprint density at radius 3 is 2.24 bits per heavy atom. The summed E-state index contributed by atoms with van der Waals surface area (Å²) in [7, 11) is -4.92. The number of hydrogen-bond acceptors (Lipinski definition) is 13. The Kier molecular flexibility index (Phi) is 10.1. The van der Waals surface area contributed by atoms with Crippen LogP contribution in [0.3, 0.4) is 0 Å². The summed E-state index contributed by atoms with van der Waals surface area (Å²) in [5, 5.41) is 53.6. The quantitative estimate of drug-likeness (QED) is 0.111. The first-order valence-electron chi connectivity index (χ1n) is 9.80. The molecule has 0 aliphatic carbocycles. The van der Waals surface area contributed by atoms with E-state index in [0.29, 0.717) is 0 Å². The first-order valence-corrected chi connectivity index (χ1v) is 11.2. The highest BCUT2D eigenvalue weighted by Crippen LogP contribution is 2.30. The van der Waals surface area contributed by atoms with Gasteiger partial charge in [0.1, 0.15) is 48.8 Å². The number of nitrogens with one attached hydrogen (secondary N) is 1. The van der Waals surface area contributed by atoms with Gasteiger partial charge in [-0.3, -0.25) is 9.35 Å². The zero-order chi connectivity index (χ0) is 24.9. The van der Waals surface area contributed by atoms with Crippen molar-refractivity contribution in [2.45, 2.75) is 68.3 Å². The zero-order valence-electron chi connectivity index (χ0n) is 17.5. The van der Waals surface area contributed by atoms with Crippen LogP contribution in [0.4, 0.5) is 0 Å². The summed E-state index contributed by atoms with van der Waals surface area (Å²) in [6, 6.07) is -1.44. The van der Waals surface area contributed by atoms with Crippen LogP contribution in [-0.2, 0) is 38.3 Å². The molecule has 1 amide bonds. The Hall–Kier alpha value is -1.28. The standard InChI is InChI=1S/C17H29NO14S/c1-3-4-28-17-14(24)15(12(22)8(5-19)30-17)32-16-10(18-7(2)20)13(23)11(21)9(31-16)6-29-33(25,26)27/h3,8-17,19,21-24H,1,4-6H2,2H3,(H,18,20)(H,25,26,27)/t8-,9-,10-,11-,12+,13-,14-,15+,16+,17+/m1/s1. The van der Waals surface area contributed by atoms with E-state index in [1.54, 1.807) is 0 Å². The van der Waals surface area contributed by atoms with Crippen molar-refractivity contribution in [1.29, 1.82) is 0 Å². The Labute approximate surface area is 189 Å². The zero-order valence-corrected chi connectivity index (χ0v) is 18.4. The van der Waals surface area contributed by atoms with Crippen molar-refractivity contribution in [1.82, 2.24) is 5.32 Å². The number of aliphatic hydroxyl groups excluding tert-OH is 5. The summed E-state index contributed by atoms with van der Waals surface area (Å²) in [6.07, 6.45) is -12.9. The topological polar surface area (TPSA) is 231 Å². The first-order chi connectivity index (χ1) is 15.4. The van der Waals surface area contributed by atoms with Crippen LogP contribution in [0.1, 0.15) is 6.92 Å². The minimum atomic E-state index is -4.92. The number of carbonyl (C=O) groups is 1. The van der Waals surface area contributed by atoms with Crippen molar-refractivity contribution in [3.63, 3.8) is 0 Å². The lowest BCUT2D eigenvalue weighted by molar-refractivity contribution is -0.346. The van der Waals surface area contributed by atoms with Crippen LogP contribution in [0.5, 0.6) is 0 Å². The highest BCUT2D eigenvalue weighted by molar-refractivity contribution is 7.80. The van der Waals surface area contributed by atoms with E-state index in [1.165, 1.54) is 6.08 Å². The van der Waals surface area contributed by atoms with Gasteiger partial charge in [0.2, 0.25) is 5.91 Å². The van der Waals surface area contributed by atoms with Crippen molar-refractivity contribution in [3.05, 3.63) is 12.7 Å². The molecule has 2 rings (SSSR count). The predicted octanol–water partition coefficient (Wildman–Crippen LogP) is -4.22. The normalized spacial score (nSPS) is 39.7. The van der Waals surface area contributed by atoms with E-state index in [2.05, 4.69) is 16.1 Å². The molecule has 0 aromatic rings. The van der Waals surface area contributed by atoms with Gasteiger partial charge in [-0.2, -0.15) is 8.42 Å². The van der Waals surface area contributed by atoms with E-state index < -0.39 is 90.9 Å². The van der Waals surface area contributed by atoms with Crippen LogP contribution in [-0.4, -0.2) is 126 Å². The Morgan fingerprint density at radius 1 is 1.06 bits per heavy atom. The van der Waals surface area contributed by atoms with E-state index in [9.17, 15) is 38.7 Å². The molecule has 7 N–H and O–H groups in total. The largest absolute Gasteiger partial charge is 0.397 e. The molecule has 2 saturated heterocycles. The second-order valence-electron chi connectivity index (χ2n) is 7.39. The van der Waals surface area contributed by atoms with Crippen molar-refractivity contribution in [3.8, 4) is 0 Å². The van der Waals surface area contributed by atoms with Gasteiger partial charge in [-0.25, -0.2) is 4.18 Å². The van der Waals surface area contributed by atoms with Crippen molar-refractivity contribution < 1.29 is 66.4 Å². The average Bonchev–Trinajstić information content (AvgIpc) is 2.73. The van der Waals surface area contributed by atoms with Gasteiger partial charge < -0.3 is 49.8 Å². The van der Waals surface area contributed by atoms with Crippen molar-refractivity contribution in [2.24, 2.45) is 0 Å². The fourth-order valence-corrected chi connectivity index (χ4v) is 3.70. The molecule has 0 aromatic heterocycles. The minimum absolute atomic E-state index is 0.0584. The molecule has 10 atom stereocenters. The van der Waals surface area contributed by atoms with E-state index in [4.69, 9.17) is 23.5 Å². The van der Waals surface area contributed by atoms with Crippen molar-refractivity contribution >= 4 is 16.3 Å². The third-order valence-corrected chi connectivity index (χ3v) is 5.38. The fourth-order valence-electron chi connectivity index (χ4n) is 3.40. The number of hydrogen-bond donors (Lipinski definition) is 7. The predicted molar refractivity (Wildman–Crippen MR) is 105 cm³/mol. The van der Waals surface area contributed by atoms with Crippen LogP contribution in [0.25, 0.3) is 0 Å². The highest BCUT2D eigenvalue weighted by Gasteiger charge is 2.51. The fraction of sp³-hybridized carbons (Fsp3) is 0.824.